The molecule has 722 valence electrons. The third kappa shape index (κ3) is 20.3. The molecule has 9 aromatic rings. The van der Waals surface area contributed by atoms with Crippen LogP contribution >= 0.6 is 23.2 Å². The van der Waals surface area contributed by atoms with Gasteiger partial charge in [0, 0.05) is 78.8 Å². The van der Waals surface area contributed by atoms with Crippen molar-refractivity contribution in [3.8, 4) is 75.4 Å². The molecule has 41 heteroatoms. The average Bonchev–Trinajstić information content (AvgIpc) is 1.58. The fourth-order valence-electron chi connectivity index (χ4n) is 17.7. The highest BCUT2D eigenvalue weighted by atomic mass is 35.5. The number of aromatic hydroxyl groups is 1. The number of benzene rings is 8. The summed E-state index contributed by atoms with van der Waals surface area (Å²) in [5.74, 6) is 14.8. The second kappa shape index (κ2) is 40.1. The molecular weight excluding hydrogens is 1870 g/mol. The molecule has 0 radical (unpaired) electrons. The van der Waals surface area contributed by atoms with E-state index in [1.165, 1.54) is 63.9 Å². The van der Waals surface area contributed by atoms with Gasteiger partial charge in [0.2, 0.25) is 0 Å². The first-order valence-electron chi connectivity index (χ1n) is 44.2. The Balaban J connectivity index is 0.000000129. The fraction of sp³-hybridized carbons (Fsp3) is 0.280. The standard InChI is InChI=1S/C29H27N5O4.C22H19N3O5.C18H13ClFN3O4.C17H16ClN3O4.C14H15N3O4/c1-2-3-12-38-24-11-8-21-16-33(26(35)25(21)13-24)18-29(27(36)31-28(37)32-29)23-9-6-20(7-10-23)22-14-30-34(17-22)15-19-4-5-19;26-10-4-5-11-30-17-8-9-18-15(12-17)13-25(19(18)27)14-22(16-6-2-1-3-7-16)20(28)23-21(29)24-22;19-13-6-12-9(5-14(13)24)7-23(15(12)25)8-18(16(26)21-17(27)22-18)10-1-3-11(20)4-2-10;1-3-4-5-25-13-6-10-8-21(14(22)11(10)7-12(13)18)9-17(2)15(23)19-16(24)20-17;1-14(12(19)15-13(20)16-14)7-17-6-8-3-4-9(21-2)5-10(8)11(17)18/h6-11,13-14,17,19H,4-5,12,15-16,18H2,1H3,(H2,31,32,36,37);1-3,6-9,12,26H,10-11,13-14H2,(H2,23,24,28,29);1-6,24H,7-8H2,(H2,21,22,26,27);6-7H,5,8-9H2,1-2H3,(H2,19,20,23,24);3-5H,6-7H2,1-2H3,(H2,15,16,19,20)/t29-;22-;18-;;/m000../s1. The maximum absolute atomic E-state index is 13.3. The number of ether oxygens (including phenoxy) is 4. The Bertz CT molecular complexity index is 6930. The maximum Gasteiger partial charge on any atom is 0.322 e. The molecule has 1 aromatic heterocycles. The first-order valence-corrected chi connectivity index (χ1v) is 44.9. The molecule has 11 heterocycles. The van der Waals surface area contributed by atoms with Gasteiger partial charge in [0.15, 0.2) is 16.6 Å². The molecular formula is C100H90Cl2FN17O21. The van der Waals surface area contributed by atoms with Crippen molar-refractivity contribution in [2.75, 3.05) is 66.3 Å². The van der Waals surface area contributed by atoms with Crippen molar-refractivity contribution in [1.82, 2.24) is 87.4 Å². The highest BCUT2D eigenvalue weighted by molar-refractivity contribution is 6.33. The van der Waals surface area contributed by atoms with Crippen LogP contribution in [0.5, 0.6) is 28.7 Å². The predicted molar refractivity (Wildman–Crippen MR) is 501 cm³/mol. The topological polar surface area (TPSA) is 488 Å². The summed E-state index contributed by atoms with van der Waals surface area (Å²) in [6.07, 6.45) is 6.38. The lowest BCUT2D eigenvalue weighted by molar-refractivity contribution is -0.125. The quantitative estimate of drug-likeness (QED) is 0.0222. The Kier molecular flexibility index (Phi) is 27.6. The van der Waals surface area contributed by atoms with E-state index in [0.717, 1.165) is 45.8 Å². The Morgan fingerprint density at radius 1 is 0.418 bits per heavy atom. The number of aliphatic hydroxyl groups excluding tert-OH is 1. The van der Waals surface area contributed by atoms with Gasteiger partial charge in [-0.05, 0) is 175 Å². The molecule has 8 aromatic carbocycles. The normalized spacial score (nSPS) is 21.0. The number of nitrogens with zero attached hydrogens (tertiary/aromatic N) is 7. The molecule has 38 nitrogen and oxygen atoms in total. The summed E-state index contributed by atoms with van der Waals surface area (Å²) < 4.78 is 37.0. The SMILES string of the molecule is CC#CCOc1cc2c(cc1Cl)C(=O)N(CC1(C)NC(=O)NC1=O)C2.CC#CCOc1ccc2c(c1)C(=O)N(C[C@@]1(c3ccc(-c4cnn(CC5CC5)c4)cc3)NC(=O)NC1=O)C2.COc1ccc2c(c1)C(=O)N(CC1(C)NC(=O)NC1=O)C2.O=C1NC(=O)[C@](CN2Cc3cc(O)c(Cl)cc3C2=O)(c2ccc(F)cc2)N1.O=C1NC(=O)[C@](CN2Cc3cc(OCC#CCO)ccc3C2=O)(c2ccccc2)N1. The highest BCUT2D eigenvalue weighted by Crippen LogP contribution is 2.41. The van der Waals surface area contributed by atoms with Gasteiger partial charge in [-0.2, -0.15) is 5.10 Å². The summed E-state index contributed by atoms with van der Waals surface area (Å²) in [5.41, 5.74) is 3.12. The second-order valence-corrected chi connectivity index (χ2v) is 35.7. The zero-order valence-electron chi connectivity index (χ0n) is 76.2. The predicted octanol–water partition coefficient (Wildman–Crippen LogP) is 7.23. The molecule has 12 N–H and O–H groups in total. The number of imide groups is 5. The van der Waals surface area contributed by atoms with E-state index in [-0.39, 0.29) is 113 Å². The largest absolute Gasteiger partial charge is 0.506 e. The molecule has 6 fully saturated rings. The van der Waals surface area contributed by atoms with Gasteiger partial charge in [-0.15, -0.1) is 11.8 Å². The number of hydrogen-bond donors (Lipinski definition) is 12. The number of phenols is 1. The van der Waals surface area contributed by atoms with E-state index < -0.39 is 93.2 Å². The van der Waals surface area contributed by atoms with Gasteiger partial charge < -0.3 is 80.2 Å². The maximum atomic E-state index is 13.3. The number of urea groups is 5. The Morgan fingerprint density at radius 3 is 1.29 bits per heavy atom. The number of nitrogens with one attached hydrogen (secondary N) is 10. The van der Waals surface area contributed by atoms with Crippen LogP contribution in [0.15, 0.2) is 170 Å². The molecule has 5 saturated heterocycles. The number of halogens is 3. The first kappa shape index (κ1) is 97.3. The van der Waals surface area contributed by atoms with Gasteiger partial charge in [0.1, 0.15) is 72.1 Å². The third-order valence-electron chi connectivity index (χ3n) is 25.1. The van der Waals surface area contributed by atoms with E-state index in [1.54, 1.807) is 123 Å². The molecule has 20 rings (SSSR count). The Hall–Kier alpha value is -16.8. The zero-order valence-corrected chi connectivity index (χ0v) is 77.7. The van der Waals surface area contributed by atoms with Crippen molar-refractivity contribution < 1.29 is 105 Å². The van der Waals surface area contributed by atoms with Crippen molar-refractivity contribution in [1.29, 1.82) is 0 Å². The smallest absolute Gasteiger partial charge is 0.322 e. The number of carbonyl (C=O) groups excluding carboxylic acids is 15. The van der Waals surface area contributed by atoms with Gasteiger partial charge in [0.25, 0.3) is 59.1 Å². The number of phenolic OH excluding ortho intramolecular Hbond substituents is 1. The van der Waals surface area contributed by atoms with E-state index in [2.05, 4.69) is 93.8 Å². The van der Waals surface area contributed by atoms with Crippen LogP contribution in [-0.2, 0) is 79.9 Å². The molecule has 0 bridgehead atoms. The molecule has 11 aliphatic rings. The van der Waals surface area contributed by atoms with Crippen LogP contribution in [0, 0.1) is 47.3 Å². The zero-order chi connectivity index (χ0) is 100. The van der Waals surface area contributed by atoms with Crippen LogP contribution in [0.25, 0.3) is 11.1 Å². The minimum Gasteiger partial charge on any atom is -0.506 e. The van der Waals surface area contributed by atoms with Crippen molar-refractivity contribution in [3.63, 3.8) is 0 Å². The lowest BCUT2D eigenvalue weighted by Gasteiger charge is -2.31. The second-order valence-electron chi connectivity index (χ2n) is 34.9. The number of hydrogen-bond acceptors (Lipinski definition) is 22. The minimum absolute atomic E-state index is 0.000264. The molecule has 1 aliphatic carbocycles. The summed E-state index contributed by atoms with van der Waals surface area (Å²) in [4.78, 5) is 192. The summed E-state index contributed by atoms with van der Waals surface area (Å²) >= 11 is 12.1. The number of aromatic nitrogens is 2. The van der Waals surface area contributed by atoms with Crippen molar-refractivity contribution >= 4 is 112 Å². The molecule has 10 aliphatic heterocycles. The first-order chi connectivity index (χ1) is 67.5. The fourth-order valence-corrected chi connectivity index (χ4v) is 18.1. The summed E-state index contributed by atoms with van der Waals surface area (Å²) in [5, 5.41) is 47.6. The van der Waals surface area contributed by atoms with Crippen LogP contribution in [-0.4, -0.2) is 211 Å². The van der Waals surface area contributed by atoms with Crippen molar-refractivity contribution in [2.45, 2.75) is 107 Å². The van der Waals surface area contributed by atoms with Crippen LogP contribution in [0.2, 0.25) is 10.0 Å². The van der Waals surface area contributed by atoms with Crippen LogP contribution in [0.4, 0.5) is 28.4 Å². The van der Waals surface area contributed by atoms with Gasteiger partial charge in [-0.1, -0.05) is 126 Å². The molecule has 20 amide bonds. The lowest BCUT2D eigenvalue weighted by Crippen LogP contribution is -2.52. The highest BCUT2D eigenvalue weighted by Gasteiger charge is 2.55. The number of aliphatic hydroxyl groups is 1. The number of amides is 20. The molecule has 2 unspecified atom stereocenters. The van der Waals surface area contributed by atoms with Crippen LogP contribution < -0.4 is 72.1 Å². The van der Waals surface area contributed by atoms with E-state index in [9.17, 15) is 81.4 Å². The summed E-state index contributed by atoms with van der Waals surface area (Å²) in [6.45, 7) is 9.37. The van der Waals surface area contributed by atoms with E-state index in [1.807, 2.05) is 59.5 Å². The molecule has 0 spiro atoms. The number of carbonyl (C=O) groups is 15. The molecule has 5 atom stereocenters. The van der Waals surface area contributed by atoms with Crippen molar-refractivity contribution in [2.24, 2.45) is 5.92 Å². The summed E-state index contributed by atoms with van der Waals surface area (Å²) in [7, 11) is 1.54. The van der Waals surface area contributed by atoms with Crippen LogP contribution in [0.1, 0.15) is 137 Å². The van der Waals surface area contributed by atoms with Crippen molar-refractivity contribution in [3.05, 3.63) is 258 Å². The monoisotopic (exact) mass is 1950 g/mol. The average molecular weight is 1960 g/mol. The van der Waals surface area contributed by atoms with E-state index in [4.69, 9.17) is 47.3 Å². The van der Waals surface area contributed by atoms with Crippen LogP contribution in [0.3, 0.4) is 0 Å². The number of rotatable bonds is 23. The minimum atomic E-state index is -1.55. The van der Waals surface area contributed by atoms with Gasteiger partial charge in [-0.25, -0.2) is 28.4 Å². The summed E-state index contributed by atoms with van der Waals surface area (Å²) in [6, 6.07) is 40.3. The van der Waals surface area contributed by atoms with Gasteiger partial charge in [-0.3, -0.25) is 79.2 Å². The molecule has 1 saturated carbocycles. The van der Waals surface area contributed by atoms with E-state index in [0.29, 0.717) is 97.7 Å². The number of methoxy groups -OCH3 is 1. The Morgan fingerprint density at radius 2 is 0.823 bits per heavy atom. The van der Waals surface area contributed by atoms with E-state index >= 15 is 0 Å². The lowest BCUT2D eigenvalue weighted by atomic mass is 9.88. The third-order valence-corrected chi connectivity index (χ3v) is 25.7. The molecule has 141 heavy (non-hydrogen) atoms. The number of fused-ring (bicyclic) bond motifs is 5. The van der Waals surface area contributed by atoms with Gasteiger partial charge in [0.05, 0.1) is 56.1 Å². The van der Waals surface area contributed by atoms with Gasteiger partial charge >= 0.3 is 30.2 Å². The Labute approximate surface area is 814 Å².